The van der Waals surface area contributed by atoms with Crippen molar-refractivity contribution in [3.63, 3.8) is 0 Å². The van der Waals surface area contributed by atoms with Gasteiger partial charge in [-0.15, -0.1) is 0 Å². The molecule has 0 amide bonds. The summed E-state index contributed by atoms with van der Waals surface area (Å²) in [5.74, 6) is 0.418. The maximum atomic E-state index is 13.2. The summed E-state index contributed by atoms with van der Waals surface area (Å²) in [6.07, 6.45) is -0.778. The molecule has 0 aromatic heterocycles. The predicted molar refractivity (Wildman–Crippen MR) is 68.2 cm³/mol. The molecule has 0 spiro atoms. The molecule has 1 unspecified atom stereocenters. The Hall–Kier alpha value is -1.87. The fourth-order valence-electron chi connectivity index (χ4n) is 1.84. The molecule has 0 saturated carbocycles. The second-order valence-electron chi connectivity index (χ2n) is 4.19. The van der Waals surface area contributed by atoms with Crippen molar-refractivity contribution < 1.29 is 14.2 Å². The van der Waals surface area contributed by atoms with Gasteiger partial charge in [-0.05, 0) is 41.8 Å². The molecule has 2 nitrogen and oxygen atoms in total. The summed E-state index contributed by atoms with van der Waals surface area (Å²) in [5, 5.41) is 10.2. The van der Waals surface area contributed by atoms with E-state index in [0.29, 0.717) is 16.9 Å². The van der Waals surface area contributed by atoms with Gasteiger partial charge in [-0.2, -0.15) is 0 Å². The molecular formula is C15H15FO2. The topological polar surface area (TPSA) is 29.5 Å². The minimum atomic E-state index is -0.778. The van der Waals surface area contributed by atoms with Crippen LogP contribution < -0.4 is 4.74 Å². The summed E-state index contributed by atoms with van der Waals surface area (Å²) in [7, 11) is 1.58. The second kappa shape index (κ2) is 5.19. The Morgan fingerprint density at radius 1 is 1.11 bits per heavy atom. The molecule has 0 saturated heterocycles. The molecule has 94 valence electrons. The molecule has 2 aromatic carbocycles. The van der Waals surface area contributed by atoms with Crippen LogP contribution in [0, 0.1) is 12.7 Å². The quantitative estimate of drug-likeness (QED) is 0.901. The molecule has 0 heterocycles. The van der Waals surface area contributed by atoms with E-state index in [-0.39, 0.29) is 5.82 Å². The molecule has 0 aliphatic heterocycles. The first-order chi connectivity index (χ1) is 8.61. The van der Waals surface area contributed by atoms with Crippen molar-refractivity contribution in [3.8, 4) is 5.75 Å². The van der Waals surface area contributed by atoms with Gasteiger partial charge in [0, 0.05) is 0 Å². The van der Waals surface area contributed by atoms with Crippen LogP contribution in [0.15, 0.2) is 42.5 Å². The first-order valence-corrected chi connectivity index (χ1v) is 5.70. The second-order valence-corrected chi connectivity index (χ2v) is 4.19. The Balaban J connectivity index is 2.34. The normalized spacial score (nSPS) is 12.2. The SMILES string of the molecule is COc1cccc(C(O)c2ccc(F)c(C)c2)c1. The van der Waals surface area contributed by atoms with Gasteiger partial charge < -0.3 is 9.84 Å². The predicted octanol–water partition coefficient (Wildman–Crippen LogP) is 3.22. The van der Waals surface area contributed by atoms with Gasteiger partial charge in [-0.25, -0.2) is 4.39 Å². The summed E-state index contributed by atoms with van der Waals surface area (Å²) >= 11 is 0. The molecule has 3 heteroatoms. The summed E-state index contributed by atoms with van der Waals surface area (Å²) in [6.45, 7) is 1.68. The van der Waals surface area contributed by atoms with Crippen LogP contribution in [0.5, 0.6) is 5.75 Å². The van der Waals surface area contributed by atoms with Crippen LogP contribution in [-0.4, -0.2) is 12.2 Å². The summed E-state index contributed by atoms with van der Waals surface area (Å²) in [6, 6.07) is 11.8. The lowest BCUT2D eigenvalue weighted by molar-refractivity contribution is 0.219. The van der Waals surface area contributed by atoms with Crippen molar-refractivity contribution in [2.75, 3.05) is 7.11 Å². The third kappa shape index (κ3) is 2.51. The number of rotatable bonds is 3. The van der Waals surface area contributed by atoms with Crippen LogP contribution >= 0.6 is 0 Å². The van der Waals surface area contributed by atoms with E-state index in [2.05, 4.69) is 0 Å². The van der Waals surface area contributed by atoms with Crippen LogP contribution in [0.25, 0.3) is 0 Å². The lowest BCUT2D eigenvalue weighted by atomic mass is 10.00. The van der Waals surface area contributed by atoms with E-state index >= 15 is 0 Å². The van der Waals surface area contributed by atoms with Gasteiger partial charge >= 0.3 is 0 Å². The Morgan fingerprint density at radius 2 is 1.83 bits per heavy atom. The Bertz CT molecular complexity index is 552. The van der Waals surface area contributed by atoms with Crippen molar-refractivity contribution in [1.82, 2.24) is 0 Å². The number of aliphatic hydroxyl groups excluding tert-OH is 1. The highest BCUT2D eigenvalue weighted by molar-refractivity contribution is 5.36. The maximum absolute atomic E-state index is 13.2. The zero-order chi connectivity index (χ0) is 13.1. The van der Waals surface area contributed by atoms with Crippen molar-refractivity contribution in [1.29, 1.82) is 0 Å². The number of hydrogen-bond acceptors (Lipinski definition) is 2. The van der Waals surface area contributed by atoms with E-state index in [1.54, 1.807) is 32.2 Å². The van der Waals surface area contributed by atoms with Crippen molar-refractivity contribution >= 4 is 0 Å². The van der Waals surface area contributed by atoms with Gasteiger partial charge in [0.05, 0.1) is 7.11 Å². The van der Waals surface area contributed by atoms with Gasteiger partial charge in [0.1, 0.15) is 17.7 Å². The van der Waals surface area contributed by atoms with Crippen LogP contribution in [0.1, 0.15) is 22.8 Å². The number of hydrogen-bond donors (Lipinski definition) is 1. The molecule has 0 bridgehead atoms. The highest BCUT2D eigenvalue weighted by Gasteiger charge is 2.12. The van der Waals surface area contributed by atoms with Crippen LogP contribution in [0.2, 0.25) is 0 Å². The number of methoxy groups -OCH3 is 1. The monoisotopic (exact) mass is 246 g/mol. The zero-order valence-electron chi connectivity index (χ0n) is 10.4. The van der Waals surface area contributed by atoms with Gasteiger partial charge in [0.2, 0.25) is 0 Å². The van der Waals surface area contributed by atoms with E-state index in [1.165, 1.54) is 6.07 Å². The number of halogens is 1. The number of aryl methyl sites for hydroxylation is 1. The average molecular weight is 246 g/mol. The van der Waals surface area contributed by atoms with Crippen molar-refractivity contribution in [2.45, 2.75) is 13.0 Å². The fourth-order valence-corrected chi connectivity index (χ4v) is 1.84. The minimum Gasteiger partial charge on any atom is -0.497 e. The van der Waals surface area contributed by atoms with Crippen LogP contribution in [0.4, 0.5) is 4.39 Å². The number of benzene rings is 2. The van der Waals surface area contributed by atoms with E-state index in [1.807, 2.05) is 18.2 Å². The summed E-state index contributed by atoms with van der Waals surface area (Å²) in [5.41, 5.74) is 1.91. The Kier molecular flexibility index (Phi) is 3.63. The van der Waals surface area contributed by atoms with E-state index in [0.717, 1.165) is 5.56 Å². The van der Waals surface area contributed by atoms with E-state index in [4.69, 9.17) is 4.74 Å². The molecule has 1 N–H and O–H groups in total. The lowest BCUT2D eigenvalue weighted by Gasteiger charge is -2.13. The van der Waals surface area contributed by atoms with Gasteiger partial charge in [-0.3, -0.25) is 0 Å². The molecule has 0 radical (unpaired) electrons. The molecule has 1 atom stereocenters. The molecule has 2 rings (SSSR count). The Morgan fingerprint density at radius 3 is 2.50 bits per heavy atom. The first kappa shape index (κ1) is 12.6. The zero-order valence-corrected chi connectivity index (χ0v) is 10.4. The third-order valence-corrected chi connectivity index (χ3v) is 2.91. The van der Waals surface area contributed by atoms with Crippen LogP contribution in [-0.2, 0) is 0 Å². The number of aliphatic hydroxyl groups is 1. The van der Waals surface area contributed by atoms with Crippen molar-refractivity contribution in [3.05, 3.63) is 65.0 Å². The average Bonchev–Trinajstić information content (AvgIpc) is 2.41. The molecule has 0 aliphatic carbocycles. The number of ether oxygens (including phenoxy) is 1. The van der Waals surface area contributed by atoms with Gasteiger partial charge in [0.25, 0.3) is 0 Å². The summed E-state index contributed by atoms with van der Waals surface area (Å²) in [4.78, 5) is 0. The maximum Gasteiger partial charge on any atom is 0.126 e. The third-order valence-electron chi connectivity index (χ3n) is 2.91. The molecule has 0 fully saturated rings. The fraction of sp³-hybridized carbons (Fsp3) is 0.200. The van der Waals surface area contributed by atoms with Gasteiger partial charge in [-0.1, -0.05) is 24.3 Å². The Labute approximate surface area is 106 Å². The highest BCUT2D eigenvalue weighted by Crippen LogP contribution is 2.26. The smallest absolute Gasteiger partial charge is 0.126 e. The molecule has 18 heavy (non-hydrogen) atoms. The molecule has 0 aliphatic rings. The largest absolute Gasteiger partial charge is 0.497 e. The lowest BCUT2D eigenvalue weighted by Crippen LogP contribution is -2.01. The highest BCUT2D eigenvalue weighted by atomic mass is 19.1. The summed E-state index contributed by atoms with van der Waals surface area (Å²) < 4.78 is 18.3. The van der Waals surface area contributed by atoms with E-state index in [9.17, 15) is 9.50 Å². The van der Waals surface area contributed by atoms with Crippen molar-refractivity contribution in [2.24, 2.45) is 0 Å². The van der Waals surface area contributed by atoms with E-state index < -0.39 is 6.10 Å². The van der Waals surface area contributed by atoms with Gasteiger partial charge in [0.15, 0.2) is 0 Å². The standard InChI is InChI=1S/C15H15FO2/c1-10-8-12(6-7-14(10)16)15(17)11-4-3-5-13(9-11)18-2/h3-9,15,17H,1-2H3. The first-order valence-electron chi connectivity index (χ1n) is 5.70. The minimum absolute atomic E-state index is 0.267. The van der Waals surface area contributed by atoms with Crippen LogP contribution in [0.3, 0.4) is 0 Å². The molecular weight excluding hydrogens is 231 g/mol. The molecule has 2 aromatic rings.